The van der Waals surface area contributed by atoms with E-state index in [-0.39, 0.29) is 5.91 Å². The van der Waals surface area contributed by atoms with Gasteiger partial charge < -0.3 is 20.1 Å². The number of rotatable bonds is 5. The lowest BCUT2D eigenvalue weighted by molar-refractivity contribution is -0.115. The van der Waals surface area contributed by atoms with Crippen LogP contribution in [0.25, 0.3) is 22.6 Å². The van der Waals surface area contributed by atoms with Crippen LogP contribution in [-0.4, -0.2) is 30.1 Å². The van der Waals surface area contributed by atoms with Gasteiger partial charge >= 0.3 is 0 Å². The number of nitrogens with zero attached hydrogens (tertiary/aromatic N) is 2. The first-order valence-corrected chi connectivity index (χ1v) is 9.61. The second-order valence-electron chi connectivity index (χ2n) is 6.64. The van der Waals surface area contributed by atoms with Gasteiger partial charge in [-0.2, -0.15) is 4.98 Å². The molecule has 0 saturated carbocycles. The minimum Gasteiger partial charge on any atom is -0.494 e. The van der Waals surface area contributed by atoms with Crippen LogP contribution in [0.15, 0.2) is 48.8 Å². The Hall–Kier alpha value is -3.87. The molecule has 2 heterocycles. The van der Waals surface area contributed by atoms with Gasteiger partial charge in [-0.1, -0.05) is 31.2 Å². The Kier molecular flexibility index (Phi) is 5.34. The fourth-order valence-corrected chi connectivity index (χ4v) is 3.40. The molecule has 0 bridgehead atoms. The molecular weight excluding hydrogens is 380 g/mol. The summed E-state index contributed by atoms with van der Waals surface area (Å²) in [5.74, 6) is 1.25. The summed E-state index contributed by atoms with van der Waals surface area (Å²) in [6.45, 7) is 1.79. The SMILES string of the molecule is CCC(=O)Nc1ccc2nc(C3=CNC=Cc4ccccc43)nc(OC)c2c1OC. The molecule has 152 valence electrons. The Morgan fingerprint density at radius 1 is 1.10 bits per heavy atom. The van der Waals surface area contributed by atoms with Crippen molar-refractivity contribution in [3.05, 3.63) is 65.7 Å². The number of carbonyl (C=O) groups is 1. The zero-order valence-electron chi connectivity index (χ0n) is 17.0. The molecule has 30 heavy (non-hydrogen) atoms. The van der Waals surface area contributed by atoms with E-state index in [1.165, 1.54) is 0 Å². The number of methoxy groups -OCH3 is 2. The van der Waals surface area contributed by atoms with Gasteiger partial charge in [0.15, 0.2) is 11.6 Å². The molecule has 4 rings (SSSR count). The molecule has 1 amide bonds. The monoisotopic (exact) mass is 402 g/mol. The zero-order valence-corrected chi connectivity index (χ0v) is 17.0. The Bertz CT molecular complexity index is 1180. The van der Waals surface area contributed by atoms with Crippen molar-refractivity contribution in [3.63, 3.8) is 0 Å². The third kappa shape index (κ3) is 3.45. The maximum Gasteiger partial charge on any atom is 0.228 e. The lowest BCUT2D eigenvalue weighted by atomic mass is 10.00. The molecule has 1 aliphatic rings. The number of ether oxygens (including phenoxy) is 2. The van der Waals surface area contributed by atoms with Crippen LogP contribution in [0.2, 0.25) is 0 Å². The maximum absolute atomic E-state index is 11.9. The van der Waals surface area contributed by atoms with Gasteiger partial charge in [-0.05, 0) is 29.3 Å². The predicted octanol–water partition coefficient (Wildman–Crippen LogP) is 3.96. The molecule has 1 aliphatic heterocycles. The van der Waals surface area contributed by atoms with Crippen LogP contribution < -0.4 is 20.1 Å². The van der Waals surface area contributed by atoms with Gasteiger partial charge in [-0.15, -0.1) is 0 Å². The van der Waals surface area contributed by atoms with Crippen LogP contribution in [0.5, 0.6) is 11.6 Å². The van der Waals surface area contributed by atoms with Crippen LogP contribution >= 0.6 is 0 Å². The molecule has 2 N–H and O–H groups in total. The first kappa shape index (κ1) is 19.4. The highest BCUT2D eigenvalue weighted by atomic mass is 16.5. The Balaban J connectivity index is 1.90. The van der Waals surface area contributed by atoms with Gasteiger partial charge in [0.2, 0.25) is 11.8 Å². The lowest BCUT2D eigenvalue weighted by Crippen LogP contribution is -2.11. The van der Waals surface area contributed by atoms with Crippen molar-refractivity contribution in [2.24, 2.45) is 0 Å². The number of anilines is 1. The van der Waals surface area contributed by atoms with E-state index in [9.17, 15) is 4.79 Å². The van der Waals surface area contributed by atoms with Crippen LogP contribution in [0.4, 0.5) is 5.69 Å². The number of carbonyl (C=O) groups excluding carboxylic acids is 1. The average Bonchev–Trinajstić information content (AvgIpc) is 3.00. The molecule has 0 fully saturated rings. The van der Waals surface area contributed by atoms with Crippen LogP contribution in [-0.2, 0) is 4.79 Å². The number of hydrogen-bond acceptors (Lipinski definition) is 6. The fraction of sp³-hybridized carbons (Fsp3) is 0.174. The van der Waals surface area contributed by atoms with Crippen molar-refractivity contribution in [3.8, 4) is 11.6 Å². The highest BCUT2D eigenvalue weighted by molar-refractivity contribution is 6.01. The molecule has 7 nitrogen and oxygen atoms in total. The average molecular weight is 402 g/mol. The Morgan fingerprint density at radius 2 is 1.93 bits per heavy atom. The molecule has 2 aromatic carbocycles. The van der Waals surface area contributed by atoms with Crippen LogP contribution in [0, 0.1) is 0 Å². The molecule has 7 heteroatoms. The molecular formula is C23H22N4O3. The molecule has 3 aromatic rings. The molecule has 0 aliphatic carbocycles. The zero-order chi connectivity index (χ0) is 21.1. The number of amides is 1. The normalized spacial score (nSPS) is 12.4. The Morgan fingerprint density at radius 3 is 2.70 bits per heavy atom. The molecule has 1 aromatic heterocycles. The second-order valence-corrected chi connectivity index (χ2v) is 6.64. The van der Waals surface area contributed by atoms with E-state index in [2.05, 4.69) is 15.6 Å². The van der Waals surface area contributed by atoms with Crippen molar-refractivity contribution < 1.29 is 14.3 Å². The minimum absolute atomic E-state index is 0.108. The van der Waals surface area contributed by atoms with E-state index < -0.39 is 0 Å². The summed E-state index contributed by atoms with van der Waals surface area (Å²) in [4.78, 5) is 21.3. The smallest absolute Gasteiger partial charge is 0.228 e. The Labute approximate surface area is 174 Å². The molecule has 0 atom stereocenters. The largest absolute Gasteiger partial charge is 0.494 e. The van der Waals surface area contributed by atoms with Crippen molar-refractivity contribution in [1.82, 2.24) is 15.3 Å². The van der Waals surface area contributed by atoms with Gasteiger partial charge in [0.05, 0.1) is 25.4 Å². The van der Waals surface area contributed by atoms with Gasteiger partial charge in [0.1, 0.15) is 5.39 Å². The summed E-state index contributed by atoms with van der Waals surface area (Å²) >= 11 is 0. The fourth-order valence-electron chi connectivity index (χ4n) is 3.40. The summed E-state index contributed by atoms with van der Waals surface area (Å²) < 4.78 is 11.2. The lowest BCUT2D eigenvalue weighted by Gasteiger charge is -2.16. The summed E-state index contributed by atoms with van der Waals surface area (Å²) in [6.07, 6.45) is 6.11. The summed E-state index contributed by atoms with van der Waals surface area (Å²) in [5, 5.41) is 6.60. The highest BCUT2D eigenvalue weighted by Crippen LogP contribution is 2.39. The first-order valence-electron chi connectivity index (χ1n) is 9.61. The first-order chi connectivity index (χ1) is 14.7. The minimum atomic E-state index is -0.108. The summed E-state index contributed by atoms with van der Waals surface area (Å²) in [7, 11) is 3.10. The van der Waals surface area contributed by atoms with Gasteiger partial charge in [0.25, 0.3) is 0 Å². The van der Waals surface area contributed by atoms with E-state index in [1.807, 2.05) is 48.8 Å². The quantitative estimate of drug-likeness (QED) is 0.672. The van der Waals surface area contributed by atoms with Gasteiger partial charge in [0, 0.05) is 24.4 Å². The van der Waals surface area contributed by atoms with E-state index in [0.717, 1.165) is 16.7 Å². The number of hydrogen-bond donors (Lipinski definition) is 2. The van der Waals surface area contributed by atoms with E-state index in [4.69, 9.17) is 14.5 Å². The van der Waals surface area contributed by atoms with E-state index in [1.54, 1.807) is 27.2 Å². The highest BCUT2D eigenvalue weighted by Gasteiger charge is 2.20. The predicted molar refractivity (Wildman–Crippen MR) is 117 cm³/mol. The number of nitrogens with one attached hydrogen (secondary N) is 2. The third-order valence-corrected chi connectivity index (χ3v) is 4.85. The number of fused-ring (bicyclic) bond motifs is 2. The standard InChI is InChI=1S/C23H22N4O3/c1-4-19(28)25-18-10-9-17-20(21(18)29-2)23(30-3)27-22(26-17)16-13-24-12-11-14-7-5-6-8-15(14)16/h5-13,24H,4H2,1-3H3,(H,25,28). The number of benzene rings is 2. The topological polar surface area (TPSA) is 85.4 Å². The van der Waals surface area contributed by atoms with E-state index >= 15 is 0 Å². The van der Waals surface area contributed by atoms with Crippen molar-refractivity contribution in [2.75, 3.05) is 19.5 Å². The van der Waals surface area contributed by atoms with Crippen molar-refractivity contribution in [1.29, 1.82) is 0 Å². The molecule has 0 radical (unpaired) electrons. The maximum atomic E-state index is 11.9. The van der Waals surface area contributed by atoms with Crippen molar-refractivity contribution >= 4 is 34.1 Å². The molecule has 0 saturated heterocycles. The van der Waals surface area contributed by atoms with Crippen molar-refractivity contribution in [2.45, 2.75) is 13.3 Å². The van der Waals surface area contributed by atoms with Gasteiger partial charge in [-0.3, -0.25) is 4.79 Å². The summed E-state index contributed by atoms with van der Waals surface area (Å²) in [5.41, 5.74) is 4.12. The summed E-state index contributed by atoms with van der Waals surface area (Å²) in [6, 6.07) is 11.6. The van der Waals surface area contributed by atoms with Gasteiger partial charge in [-0.25, -0.2) is 4.98 Å². The van der Waals surface area contributed by atoms with Crippen LogP contribution in [0.1, 0.15) is 30.3 Å². The van der Waals surface area contributed by atoms with Crippen LogP contribution in [0.3, 0.4) is 0 Å². The third-order valence-electron chi connectivity index (χ3n) is 4.85. The second kappa shape index (κ2) is 8.24. The molecule has 0 unspecified atom stereocenters. The molecule has 0 spiro atoms. The number of aromatic nitrogens is 2. The van der Waals surface area contributed by atoms with E-state index in [0.29, 0.717) is 40.5 Å².